The summed E-state index contributed by atoms with van der Waals surface area (Å²) in [5.74, 6) is 0.491. The van der Waals surface area contributed by atoms with Crippen molar-refractivity contribution >= 4 is 22.9 Å². The van der Waals surface area contributed by atoms with Crippen LogP contribution in [0.25, 0.3) is 16.8 Å². The first kappa shape index (κ1) is 18.9. The number of rotatable bonds is 6. The lowest BCUT2D eigenvalue weighted by atomic mass is 9.81. The molecule has 0 aromatic carbocycles. The van der Waals surface area contributed by atoms with Gasteiger partial charge in [0.15, 0.2) is 0 Å². The number of hydrogen-bond acceptors (Lipinski definition) is 6. The molecule has 1 unspecified atom stereocenters. The van der Waals surface area contributed by atoms with Gasteiger partial charge >= 0.3 is 0 Å². The Bertz CT molecular complexity index is 1160. The largest absolute Gasteiger partial charge is 0.392 e. The van der Waals surface area contributed by atoms with Crippen LogP contribution in [0.4, 0.5) is 11.6 Å². The predicted molar refractivity (Wildman–Crippen MR) is 120 cm³/mol. The van der Waals surface area contributed by atoms with Gasteiger partial charge in [-0.3, -0.25) is 4.99 Å². The molecule has 0 fully saturated rings. The summed E-state index contributed by atoms with van der Waals surface area (Å²) >= 11 is 0. The van der Waals surface area contributed by atoms with Crippen molar-refractivity contribution in [1.29, 1.82) is 0 Å². The van der Waals surface area contributed by atoms with Crippen LogP contribution >= 0.6 is 0 Å². The normalized spacial score (nSPS) is 18.5. The second-order valence-corrected chi connectivity index (χ2v) is 7.31. The Balaban J connectivity index is 0.00000256. The van der Waals surface area contributed by atoms with Gasteiger partial charge in [-0.25, -0.2) is 14.5 Å². The van der Waals surface area contributed by atoms with E-state index < -0.39 is 0 Å². The molecule has 0 radical (unpaired) electrons. The van der Waals surface area contributed by atoms with Crippen LogP contribution in [0.15, 0.2) is 60.1 Å². The molecule has 4 heterocycles. The lowest BCUT2D eigenvalue weighted by Crippen LogP contribution is -2.27. The average Bonchev–Trinajstić information content (AvgIpc) is 3.26. The number of nitrogens with zero attached hydrogens (tertiary/aromatic N) is 5. The summed E-state index contributed by atoms with van der Waals surface area (Å²) in [5.41, 5.74) is 6.60. The molecule has 2 N–H and O–H groups in total. The van der Waals surface area contributed by atoms with E-state index in [4.69, 9.17) is 9.98 Å². The summed E-state index contributed by atoms with van der Waals surface area (Å²) in [6, 6.07) is 6.09. The molecule has 7 heteroatoms. The highest BCUT2D eigenvalue weighted by Gasteiger charge is 2.37. The fraction of sp³-hybridized carbons (Fsp3) is 0.273. The summed E-state index contributed by atoms with van der Waals surface area (Å²) in [4.78, 5) is 14.2. The molecular weight excluding hydrogens is 362 g/mol. The Morgan fingerprint density at radius 3 is 2.90 bits per heavy atom. The molecule has 0 bridgehead atoms. The van der Waals surface area contributed by atoms with Crippen molar-refractivity contribution in [1.82, 2.24) is 24.9 Å². The van der Waals surface area contributed by atoms with E-state index in [-0.39, 0.29) is 6.84 Å². The molecule has 4 rings (SSSR count). The zero-order chi connectivity index (χ0) is 20.6. The Morgan fingerprint density at radius 2 is 2.17 bits per heavy atom. The van der Waals surface area contributed by atoms with Crippen LogP contribution in [0.1, 0.15) is 34.3 Å². The maximum absolute atomic E-state index is 5.00. The molecular formula is C22H27N7. The highest BCUT2D eigenvalue weighted by Crippen LogP contribution is 2.42. The highest BCUT2D eigenvalue weighted by atomic mass is 15.3. The first-order valence-electron chi connectivity index (χ1n) is 9.69. The predicted octanol–water partition coefficient (Wildman–Crippen LogP) is 4.47. The van der Waals surface area contributed by atoms with Gasteiger partial charge in [-0.15, -0.1) is 5.10 Å². The Labute approximate surface area is 171 Å². The van der Waals surface area contributed by atoms with Gasteiger partial charge in [0.25, 0.3) is 0 Å². The van der Waals surface area contributed by atoms with E-state index >= 15 is 0 Å². The molecule has 0 saturated heterocycles. The van der Waals surface area contributed by atoms with Crippen LogP contribution in [-0.4, -0.2) is 32.3 Å². The molecule has 1 aliphatic heterocycles. The SMILES string of the molecule is C=C/C(=C\NC)Nc1ncc2c(-c3ccc4c(n3)C(C)(CC)C(C)=N4)ccn2n1.[HH]. The van der Waals surface area contributed by atoms with Crippen LogP contribution in [0, 0.1) is 0 Å². The Morgan fingerprint density at radius 1 is 1.34 bits per heavy atom. The van der Waals surface area contributed by atoms with Gasteiger partial charge in [-0.1, -0.05) is 13.5 Å². The van der Waals surface area contributed by atoms with Crippen LogP contribution in [0.5, 0.6) is 0 Å². The van der Waals surface area contributed by atoms with Gasteiger partial charge in [0.05, 0.1) is 34.5 Å². The van der Waals surface area contributed by atoms with E-state index in [1.807, 2.05) is 25.4 Å². The monoisotopic (exact) mass is 389 g/mol. The van der Waals surface area contributed by atoms with E-state index in [0.29, 0.717) is 5.95 Å². The second kappa shape index (κ2) is 7.16. The quantitative estimate of drug-likeness (QED) is 0.608. The molecule has 29 heavy (non-hydrogen) atoms. The minimum absolute atomic E-state index is 0. The Kier molecular flexibility index (Phi) is 4.66. The molecule has 7 nitrogen and oxygen atoms in total. The van der Waals surface area contributed by atoms with Crippen molar-refractivity contribution in [3.63, 3.8) is 0 Å². The van der Waals surface area contributed by atoms with Crippen molar-refractivity contribution in [2.45, 2.75) is 32.6 Å². The summed E-state index contributed by atoms with van der Waals surface area (Å²) in [7, 11) is 1.83. The van der Waals surface area contributed by atoms with Crippen LogP contribution in [-0.2, 0) is 5.41 Å². The van der Waals surface area contributed by atoms with E-state index in [1.54, 1.807) is 23.0 Å². The molecule has 0 spiro atoms. The van der Waals surface area contributed by atoms with Gasteiger partial charge < -0.3 is 10.6 Å². The fourth-order valence-electron chi connectivity index (χ4n) is 3.60. The van der Waals surface area contributed by atoms with Crippen molar-refractivity contribution in [3.05, 3.63) is 60.8 Å². The molecule has 3 aromatic rings. The van der Waals surface area contributed by atoms with Gasteiger partial charge in [-0.2, -0.15) is 0 Å². The number of allylic oxidation sites excluding steroid dienone is 1. The van der Waals surface area contributed by atoms with Gasteiger partial charge in [0.2, 0.25) is 5.95 Å². The number of hydrogen-bond donors (Lipinski definition) is 2. The van der Waals surface area contributed by atoms with Crippen LogP contribution < -0.4 is 10.6 Å². The average molecular weight is 390 g/mol. The van der Waals surface area contributed by atoms with E-state index in [2.05, 4.69) is 54.1 Å². The van der Waals surface area contributed by atoms with Crippen LogP contribution in [0.2, 0.25) is 0 Å². The molecule has 3 aromatic heterocycles. The van der Waals surface area contributed by atoms with Gasteiger partial charge in [0, 0.05) is 37.6 Å². The minimum Gasteiger partial charge on any atom is -0.392 e. The number of anilines is 1. The first-order valence-corrected chi connectivity index (χ1v) is 9.69. The van der Waals surface area contributed by atoms with Crippen molar-refractivity contribution in [3.8, 4) is 11.3 Å². The number of fused-ring (bicyclic) bond motifs is 2. The van der Waals surface area contributed by atoms with Crippen LogP contribution in [0.3, 0.4) is 0 Å². The third kappa shape index (κ3) is 3.08. The van der Waals surface area contributed by atoms with E-state index in [1.165, 1.54) is 0 Å². The molecule has 0 saturated carbocycles. The Hall–Kier alpha value is -3.48. The maximum atomic E-state index is 5.00. The first-order chi connectivity index (χ1) is 14.0. The van der Waals surface area contributed by atoms with E-state index in [0.717, 1.165) is 46.0 Å². The summed E-state index contributed by atoms with van der Waals surface area (Å²) in [6.45, 7) is 10.3. The lowest BCUT2D eigenvalue weighted by Gasteiger charge is -2.23. The molecule has 150 valence electrons. The zero-order valence-electron chi connectivity index (χ0n) is 17.2. The molecule has 1 atom stereocenters. The lowest BCUT2D eigenvalue weighted by molar-refractivity contribution is 0.605. The second-order valence-electron chi connectivity index (χ2n) is 7.31. The highest BCUT2D eigenvalue weighted by molar-refractivity contribution is 5.99. The third-order valence-corrected chi connectivity index (χ3v) is 5.66. The smallest absolute Gasteiger partial charge is 0.245 e. The zero-order valence-corrected chi connectivity index (χ0v) is 17.2. The summed E-state index contributed by atoms with van der Waals surface area (Å²) in [6.07, 6.45) is 8.19. The molecule has 1 aliphatic rings. The third-order valence-electron chi connectivity index (χ3n) is 5.66. The number of aromatic nitrogens is 4. The van der Waals surface area contributed by atoms with Gasteiger partial charge in [0.1, 0.15) is 0 Å². The van der Waals surface area contributed by atoms with Crippen molar-refractivity contribution in [2.75, 3.05) is 12.4 Å². The minimum atomic E-state index is -0.116. The maximum Gasteiger partial charge on any atom is 0.245 e. The number of nitrogens with one attached hydrogen (secondary N) is 2. The topological polar surface area (TPSA) is 79.5 Å². The number of aliphatic imine (C=N–C) groups is 1. The van der Waals surface area contributed by atoms with E-state index in [9.17, 15) is 0 Å². The van der Waals surface area contributed by atoms with Crippen molar-refractivity contribution in [2.24, 2.45) is 4.99 Å². The summed E-state index contributed by atoms with van der Waals surface area (Å²) < 4.78 is 1.81. The van der Waals surface area contributed by atoms with Crippen molar-refractivity contribution < 1.29 is 1.43 Å². The summed E-state index contributed by atoms with van der Waals surface area (Å²) in [5, 5.41) is 10.6. The fourth-order valence-corrected chi connectivity index (χ4v) is 3.60. The number of pyridine rings is 1. The van der Waals surface area contributed by atoms with Gasteiger partial charge in [-0.05, 0) is 44.5 Å². The molecule has 0 aliphatic carbocycles. The standard InChI is InChI=1S/C22H25N7.H2/c1-6-15(12-23-5)26-21-24-13-19-16(10-11-29(19)28-21)17-8-9-18-20(27-17)22(4,7-2)14(3)25-18;/h6,8-13,23H,1,7H2,2-5H3,(H,26,28);1H/b15-12+;. The molecule has 0 amide bonds.